The van der Waals surface area contributed by atoms with E-state index in [0.717, 1.165) is 16.9 Å². The van der Waals surface area contributed by atoms with Crippen LogP contribution >= 0.6 is 15.9 Å². The number of rotatable bonds is 7. The lowest BCUT2D eigenvalue weighted by atomic mass is 9.97. The van der Waals surface area contributed by atoms with Gasteiger partial charge >= 0.3 is 0 Å². The van der Waals surface area contributed by atoms with Gasteiger partial charge in [0.05, 0.1) is 0 Å². The summed E-state index contributed by atoms with van der Waals surface area (Å²) in [6.07, 6.45) is 6.74. The van der Waals surface area contributed by atoms with Crippen LogP contribution in [0.4, 0.5) is 0 Å². The Labute approximate surface area is 136 Å². The predicted molar refractivity (Wildman–Crippen MR) is 94.6 cm³/mol. The molecule has 0 aliphatic heterocycles. The fraction of sp³-hybridized carbons (Fsp3) is 0.474. The van der Waals surface area contributed by atoms with E-state index in [0.29, 0.717) is 6.04 Å². The van der Waals surface area contributed by atoms with Gasteiger partial charge in [0.25, 0.3) is 0 Å². The van der Waals surface area contributed by atoms with E-state index in [4.69, 9.17) is 0 Å². The fourth-order valence-electron chi connectivity index (χ4n) is 2.97. The average Bonchev–Trinajstić information content (AvgIpc) is 3.31. The maximum Gasteiger partial charge on any atom is 0.0320 e. The maximum atomic E-state index is 3.74. The van der Waals surface area contributed by atoms with E-state index in [2.05, 4.69) is 64.6 Å². The van der Waals surface area contributed by atoms with Gasteiger partial charge in [-0.1, -0.05) is 53.9 Å². The van der Waals surface area contributed by atoms with Crippen molar-refractivity contribution in [3.8, 4) is 0 Å². The molecule has 112 valence electrons. The van der Waals surface area contributed by atoms with Crippen LogP contribution in [0.2, 0.25) is 0 Å². The monoisotopic (exact) mass is 345 g/mol. The van der Waals surface area contributed by atoms with E-state index in [1.807, 2.05) is 0 Å². The van der Waals surface area contributed by atoms with Crippen molar-refractivity contribution < 1.29 is 0 Å². The molecule has 1 fully saturated rings. The van der Waals surface area contributed by atoms with Gasteiger partial charge in [-0.3, -0.25) is 0 Å². The van der Waals surface area contributed by atoms with E-state index in [9.17, 15) is 0 Å². The Balaban J connectivity index is 1.80. The molecule has 2 aromatic carbocycles. The zero-order valence-electron chi connectivity index (χ0n) is 12.7. The minimum absolute atomic E-state index is 0.513. The van der Waals surface area contributed by atoms with Crippen LogP contribution in [0.5, 0.6) is 0 Å². The number of fused-ring (bicyclic) bond motifs is 1. The van der Waals surface area contributed by atoms with Crippen LogP contribution in [0.25, 0.3) is 10.8 Å². The van der Waals surface area contributed by atoms with Crippen molar-refractivity contribution in [1.82, 2.24) is 5.32 Å². The quantitative estimate of drug-likeness (QED) is 0.665. The molecule has 0 saturated heterocycles. The van der Waals surface area contributed by atoms with Crippen molar-refractivity contribution in [2.24, 2.45) is 5.92 Å². The van der Waals surface area contributed by atoms with Crippen molar-refractivity contribution in [2.75, 3.05) is 6.54 Å². The molecule has 0 bridgehead atoms. The first kappa shape index (κ1) is 15.1. The molecule has 0 aromatic heterocycles. The Bertz CT molecular complexity index is 604. The summed E-state index contributed by atoms with van der Waals surface area (Å²) >= 11 is 3.55. The summed E-state index contributed by atoms with van der Waals surface area (Å²) in [5, 5.41) is 6.38. The molecule has 1 saturated carbocycles. The number of halogens is 1. The number of nitrogens with one attached hydrogen (secondary N) is 1. The van der Waals surface area contributed by atoms with Crippen molar-refractivity contribution in [3.63, 3.8) is 0 Å². The van der Waals surface area contributed by atoms with E-state index in [1.54, 1.807) is 0 Å². The molecule has 1 nitrogen and oxygen atoms in total. The lowest BCUT2D eigenvalue weighted by Gasteiger charge is -2.19. The van der Waals surface area contributed by atoms with E-state index in [1.165, 1.54) is 48.4 Å². The first-order chi connectivity index (χ1) is 10.3. The summed E-state index contributed by atoms with van der Waals surface area (Å²) in [5.74, 6) is 1.01. The highest BCUT2D eigenvalue weighted by Gasteiger charge is 2.23. The fourth-order valence-corrected chi connectivity index (χ4v) is 3.34. The van der Waals surface area contributed by atoms with Gasteiger partial charge in [0.1, 0.15) is 0 Å². The number of benzene rings is 2. The standard InChI is InChI=1S/C19H24BrN/c1-2-11-21-19(10-5-14-3-4-14)17-7-6-16-13-18(20)9-8-15(16)12-17/h6-9,12-14,19,21H,2-5,10-11H2,1H3. The second-order valence-electron chi connectivity index (χ2n) is 6.28. The Morgan fingerprint density at radius 3 is 2.67 bits per heavy atom. The Kier molecular flexibility index (Phi) is 4.97. The summed E-state index contributed by atoms with van der Waals surface area (Å²) in [6.45, 7) is 3.34. The van der Waals surface area contributed by atoms with Crippen LogP contribution in [-0.4, -0.2) is 6.54 Å². The maximum absolute atomic E-state index is 3.74. The normalized spacial score (nSPS) is 16.3. The van der Waals surface area contributed by atoms with Gasteiger partial charge in [0.15, 0.2) is 0 Å². The van der Waals surface area contributed by atoms with Crippen LogP contribution < -0.4 is 5.32 Å². The number of hydrogen-bond acceptors (Lipinski definition) is 1. The second-order valence-corrected chi connectivity index (χ2v) is 7.19. The third-order valence-corrected chi connectivity index (χ3v) is 4.92. The highest BCUT2D eigenvalue weighted by Crippen LogP contribution is 2.36. The first-order valence-corrected chi connectivity index (χ1v) is 8.98. The molecular formula is C19H24BrN. The minimum Gasteiger partial charge on any atom is -0.310 e. The van der Waals surface area contributed by atoms with Gasteiger partial charge < -0.3 is 5.32 Å². The Morgan fingerprint density at radius 2 is 1.90 bits per heavy atom. The van der Waals surface area contributed by atoms with Gasteiger partial charge in [-0.25, -0.2) is 0 Å². The first-order valence-electron chi connectivity index (χ1n) is 8.19. The summed E-state index contributed by atoms with van der Waals surface area (Å²) in [5.41, 5.74) is 1.44. The van der Waals surface area contributed by atoms with Crippen LogP contribution in [-0.2, 0) is 0 Å². The van der Waals surface area contributed by atoms with Gasteiger partial charge in [-0.15, -0.1) is 0 Å². The third-order valence-electron chi connectivity index (χ3n) is 4.43. The molecule has 1 aliphatic carbocycles. The Morgan fingerprint density at radius 1 is 1.14 bits per heavy atom. The van der Waals surface area contributed by atoms with Crippen LogP contribution in [0, 0.1) is 5.92 Å². The number of hydrogen-bond donors (Lipinski definition) is 1. The molecular weight excluding hydrogens is 322 g/mol. The lowest BCUT2D eigenvalue weighted by molar-refractivity contribution is 0.470. The van der Waals surface area contributed by atoms with E-state index < -0.39 is 0 Å². The molecule has 0 radical (unpaired) electrons. The largest absolute Gasteiger partial charge is 0.310 e. The highest BCUT2D eigenvalue weighted by molar-refractivity contribution is 9.10. The molecule has 3 rings (SSSR count). The molecule has 2 aromatic rings. The van der Waals surface area contributed by atoms with Crippen molar-refractivity contribution in [1.29, 1.82) is 0 Å². The van der Waals surface area contributed by atoms with Gasteiger partial charge in [-0.2, -0.15) is 0 Å². The summed E-state index contributed by atoms with van der Waals surface area (Å²) in [4.78, 5) is 0. The van der Waals surface area contributed by atoms with Crippen molar-refractivity contribution in [3.05, 3.63) is 46.4 Å². The summed E-state index contributed by atoms with van der Waals surface area (Å²) in [6, 6.07) is 14.0. The van der Waals surface area contributed by atoms with Crippen molar-refractivity contribution in [2.45, 2.75) is 45.1 Å². The topological polar surface area (TPSA) is 12.0 Å². The highest BCUT2D eigenvalue weighted by atomic mass is 79.9. The molecule has 0 spiro atoms. The molecule has 21 heavy (non-hydrogen) atoms. The molecule has 1 N–H and O–H groups in total. The smallest absolute Gasteiger partial charge is 0.0320 e. The zero-order chi connectivity index (χ0) is 14.7. The predicted octanol–water partition coefficient (Wildman–Crippen LogP) is 5.83. The molecule has 1 atom stereocenters. The molecule has 0 amide bonds. The van der Waals surface area contributed by atoms with Crippen molar-refractivity contribution >= 4 is 26.7 Å². The molecule has 0 heterocycles. The van der Waals surface area contributed by atoms with Gasteiger partial charge in [0, 0.05) is 10.5 Å². The SMILES string of the molecule is CCCNC(CCC1CC1)c1ccc2cc(Br)ccc2c1. The molecule has 1 aliphatic rings. The summed E-state index contributed by atoms with van der Waals surface area (Å²) in [7, 11) is 0. The van der Waals surface area contributed by atoms with Gasteiger partial charge in [-0.05, 0) is 66.3 Å². The van der Waals surface area contributed by atoms with Crippen LogP contribution in [0.15, 0.2) is 40.9 Å². The lowest BCUT2D eigenvalue weighted by Crippen LogP contribution is -2.22. The average molecular weight is 346 g/mol. The zero-order valence-corrected chi connectivity index (χ0v) is 14.3. The molecule has 1 unspecified atom stereocenters. The summed E-state index contributed by atoms with van der Waals surface area (Å²) < 4.78 is 1.15. The Hall–Kier alpha value is -0.860. The van der Waals surface area contributed by atoms with Crippen LogP contribution in [0.3, 0.4) is 0 Å². The van der Waals surface area contributed by atoms with E-state index >= 15 is 0 Å². The third kappa shape index (κ3) is 4.08. The van der Waals surface area contributed by atoms with Gasteiger partial charge in [0.2, 0.25) is 0 Å². The molecule has 2 heteroatoms. The van der Waals surface area contributed by atoms with E-state index in [-0.39, 0.29) is 0 Å². The second kappa shape index (κ2) is 6.93. The minimum atomic E-state index is 0.513. The van der Waals surface area contributed by atoms with Crippen LogP contribution in [0.1, 0.15) is 50.6 Å².